The van der Waals surface area contributed by atoms with Crippen LogP contribution in [0.5, 0.6) is 0 Å². The van der Waals surface area contributed by atoms with Crippen molar-refractivity contribution in [2.24, 2.45) is 5.92 Å². The first kappa shape index (κ1) is 12.8. The van der Waals surface area contributed by atoms with Crippen LogP contribution in [0.3, 0.4) is 0 Å². The second kappa shape index (κ2) is 5.35. The van der Waals surface area contributed by atoms with Crippen LogP contribution in [0, 0.1) is 5.92 Å². The average molecular weight is 264 g/mol. The Labute approximate surface area is 110 Å². The molecule has 2 atom stereocenters. The first-order chi connectivity index (χ1) is 8.61. The number of nitrogens with one attached hydrogen (secondary N) is 1. The molecule has 0 aliphatic heterocycles. The van der Waals surface area contributed by atoms with E-state index in [1.165, 1.54) is 11.3 Å². The van der Waals surface area contributed by atoms with Gasteiger partial charge in [-0.3, -0.25) is 0 Å². The van der Waals surface area contributed by atoms with Gasteiger partial charge in [0.1, 0.15) is 6.04 Å². The summed E-state index contributed by atoms with van der Waals surface area (Å²) in [5.41, 5.74) is 0.901. The van der Waals surface area contributed by atoms with Gasteiger partial charge in [-0.25, -0.2) is 9.78 Å². The second-order valence-corrected chi connectivity index (χ2v) is 5.36. The van der Waals surface area contributed by atoms with Gasteiger partial charge in [-0.2, -0.15) is 0 Å². The normalized spacial score (nSPS) is 14.3. The van der Waals surface area contributed by atoms with Crippen LogP contribution in [0.15, 0.2) is 24.3 Å². The Kier molecular flexibility index (Phi) is 3.81. The largest absolute Gasteiger partial charge is 0.480 e. The number of anilines is 1. The van der Waals surface area contributed by atoms with Gasteiger partial charge in [-0.15, -0.1) is 0 Å². The highest BCUT2D eigenvalue weighted by Gasteiger charge is 2.24. The van der Waals surface area contributed by atoms with Crippen LogP contribution >= 0.6 is 11.3 Å². The lowest BCUT2D eigenvalue weighted by Crippen LogP contribution is -2.35. The van der Waals surface area contributed by atoms with Crippen LogP contribution in [0.1, 0.15) is 20.3 Å². The highest BCUT2D eigenvalue weighted by Crippen LogP contribution is 2.27. The molecule has 0 spiro atoms. The number of hydrogen-bond donors (Lipinski definition) is 2. The van der Waals surface area contributed by atoms with Gasteiger partial charge in [0.15, 0.2) is 5.13 Å². The molecule has 0 aliphatic rings. The van der Waals surface area contributed by atoms with Crippen molar-refractivity contribution in [1.29, 1.82) is 0 Å². The van der Waals surface area contributed by atoms with E-state index in [0.717, 1.165) is 16.6 Å². The van der Waals surface area contributed by atoms with Crippen LogP contribution in [0.25, 0.3) is 10.2 Å². The highest BCUT2D eigenvalue weighted by atomic mass is 32.1. The second-order valence-electron chi connectivity index (χ2n) is 4.33. The Morgan fingerprint density at radius 1 is 1.50 bits per heavy atom. The first-order valence-corrected chi connectivity index (χ1v) is 6.78. The lowest BCUT2D eigenvalue weighted by Gasteiger charge is -2.19. The summed E-state index contributed by atoms with van der Waals surface area (Å²) in [7, 11) is 0. The summed E-state index contributed by atoms with van der Waals surface area (Å²) in [6.45, 7) is 3.92. The molecule has 0 radical (unpaired) electrons. The molecule has 0 aliphatic carbocycles. The SMILES string of the molecule is CCC(C)C(Nc1nc2ccccc2s1)C(=O)O. The van der Waals surface area contributed by atoms with E-state index >= 15 is 0 Å². The number of aromatic nitrogens is 1. The lowest BCUT2D eigenvalue weighted by atomic mass is 10.00. The zero-order valence-electron chi connectivity index (χ0n) is 10.4. The maximum atomic E-state index is 11.2. The number of carboxylic acids is 1. The fraction of sp³-hybridized carbons (Fsp3) is 0.385. The molecule has 0 fully saturated rings. The third-order valence-corrected chi connectivity index (χ3v) is 4.02. The molecule has 2 aromatic rings. The minimum absolute atomic E-state index is 0.0644. The summed E-state index contributed by atoms with van der Waals surface area (Å²) in [5.74, 6) is -0.766. The van der Waals surface area contributed by atoms with Crippen LogP contribution in [0.4, 0.5) is 5.13 Å². The van der Waals surface area contributed by atoms with E-state index in [4.69, 9.17) is 0 Å². The molecule has 0 bridgehead atoms. The summed E-state index contributed by atoms with van der Waals surface area (Å²) in [4.78, 5) is 15.6. The standard InChI is InChI=1S/C13H16N2O2S/c1-3-8(2)11(12(16)17)15-13-14-9-6-4-5-7-10(9)18-13/h4-8,11H,3H2,1-2H3,(H,14,15)(H,16,17). The molecule has 0 saturated carbocycles. The molecule has 96 valence electrons. The topological polar surface area (TPSA) is 62.2 Å². The summed E-state index contributed by atoms with van der Waals surface area (Å²) >= 11 is 1.49. The van der Waals surface area contributed by atoms with Gasteiger partial charge in [0.05, 0.1) is 10.2 Å². The Hall–Kier alpha value is -1.62. The molecule has 4 nitrogen and oxygen atoms in total. The van der Waals surface area contributed by atoms with Gasteiger partial charge >= 0.3 is 5.97 Å². The van der Waals surface area contributed by atoms with Gasteiger partial charge < -0.3 is 10.4 Å². The van der Waals surface area contributed by atoms with Crippen molar-refractivity contribution in [3.05, 3.63) is 24.3 Å². The fourth-order valence-corrected chi connectivity index (χ4v) is 2.65. The van der Waals surface area contributed by atoms with E-state index in [0.29, 0.717) is 5.13 Å². The van der Waals surface area contributed by atoms with E-state index in [1.807, 2.05) is 38.1 Å². The Balaban J connectivity index is 2.23. The molecule has 1 aromatic heterocycles. The predicted octanol–water partition coefficient (Wildman–Crippen LogP) is 3.21. The molecule has 2 unspecified atom stereocenters. The van der Waals surface area contributed by atoms with Crippen molar-refractivity contribution in [2.45, 2.75) is 26.3 Å². The maximum Gasteiger partial charge on any atom is 0.326 e. The lowest BCUT2D eigenvalue weighted by molar-refractivity contribution is -0.139. The van der Waals surface area contributed by atoms with Gasteiger partial charge in [-0.1, -0.05) is 43.7 Å². The molecular weight excluding hydrogens is 248 g/mol. The first-order valence-electron chi connectivity index (χ1n) is 5.96. The minimum atomic E-state index is -0.830. The predicted molar refractivity (Wildman–Crippen MR) is 74.1 cm³/mol. The Bertz CT molecular complexity index is 520. The van der Waals surface area contributed by atoms with Gasteiger partial charge in [0.2, 0.25) is 0 Å². The van der Waals surface area contributed by atoms with Crippen LogP contribution < -0.4 is 5.32 Å². The Morgan fingerprint density at radius 2 is 2.22 bits per heavy atom. The number of thiazole rings is 1. The van der Waals surface area contributed by atoms with E-state index in [2.05, 4.69) is 10.3 Å². The summed E-state index contributed by atoms with van der Waals surface area (Å²) < 4.78 is 1.06. The Morgan fingerprint density at radius 3 is 2.83 bits per heavy atom. The monoisotopic (exact) mass is 264 g/mol. The zero-order chi connectivity index (χ0) is 13.1. The van der Waals surface area contributed by atoms with Crippen molar-refractivity contribution in [3.8, 4) is 0 Å². The number of hydrogen-bond acceptors (Lipinski definition) is 4. The molecule has 2 N–H and O–H groups in total. The molecule has 18 heavy (non-hydrogen) atoms. The number of nitrogens with zero attached hydrogens (tertiary/aromatic N) is 1. The van der Waals surface area contributed by atoms with Gasteiger partial charge in [0, 0.05) is 0 Å². The summed E-state index contributed by atoms with van der Waals surface area (Å²) in [6, 6.07) is 7.20. The summed E-state index contributed by atoms with van der Waals surface area (Å²) in [5, 5.41) is 12.9. The molecule has 0 saturated heterocycles. The molecule has 2 rings (SSSR count). The van der Waals surface area contributed by atoms with E-state index in [9.17, 15) is 9.90 Å². The number of aliphatic carboxylic acids is 1. The number of fused-ring (bicyclic) bond motifs is 1. The number of benzene rings is 1. The molecule has 0 amide bonds. The molecule has 5 heteroatoms. The van der Waals surface area contributed by atoms with E-state index in [-0.39, 0.29) is 5.92 Å². The number of carbonyl (C=O) groups is 1. The van der Waals surface area contributed by atoms with Crippen molar-refractivity contribution < 1.29 is 9.90 Å². The molecule has 1 aromatic carbocycles. The van der Waals surface area contributed by atoms with E-state index < -0.39 is 12.0 Å². The van der Waals surface area contributed by atoms with Crippen LogP contribution in [-0.4, -0.2) is 22.1 Å². The van der Waals surface area contributed by atoms with Crippen LogP contribution in [-0.2, 0) is 4.79 Å². The highest BCUT2D eigenvalue weighted by molar-refractivity contribution is 7.22. The van der Waals surface area contributed by atoms with Crippen molar-refractivity contribution in [3.63, 3.8) is 0 Å². The molecular formula is C13H16N2O2S. The molecule has 1 heterocycles. The quantitative estimate of drug-likeness (QED) is 0.870. The number of rotatable bonds is 5. The maximum absolute atomic E-state index is 11.2. The summed E-state index contributed by atoms with van der Waals surface area (Å²) in [6.07, 6.45) is 0.814. The number of carboxylic acid groups (broad SMARTS) is 1. The van der Waals surface area contributed by atoms with Crippen molar-refractivity contribution in [1.82, 2.24) is 4.98 Å². The van der Waals surface area contributed by atoms with Crippen molar-refractivity contribution in [2.75, 3.05) is 5.32 Å². The minimum Gasteiger partial charge on any atom is -0.480 e. The zero-order valence-corrected chi connectivity index (χ0v) is 11.2. The smallest absolute Gasteiger partial charge is 0.326 e. The van der Waals surface area contributed by atoms with Crippen molar-refractivity contribution >= 4 is 32.7 Å². The van der Waals surface area contributed by atoms with Crippen LogP contribution in [0.2, 0.25) is 0 Å². The van der Waals surface area contributed by atoms with Gasteiger partial charge in [0.25, 0.3) is 0 Å². The van der Waals surface area contributed by atoms with Gasteiger partial charge in [-0.05, 0) is 18.1 Å². The average Bonchev–Trinajstić information content (AvgIpc) is 2.77. The fourth-order valence-electron chi connectivity index (χ4n) is 1.75. The number of para-hydroxylation sites is 1. The third kappa shape index (κ3) is 2.61. The third-order valence-electron chi connectivity index (χ3n) is 3.05. The van der Waals surface area contributed by atoms with E-state index in [1.54, 1.807) is 0 Å².